The molecule has 3 heterocycles. The number of rotatable bonds is 3. The molecule has 8 heteroatoms. The second-order valence-electron chi connectivity index (χ2n) is 8.81. The number of nitrogens with zero attached hydrogens (tertiary/aromatic N) is 3. The summed E-state index contributed by atoms with van der Waals surface area (Å²) in [5, 5.41) is 0. The highest BCUT2D eigenvalue weighted by molar-refractivity contribution is 6.27. The first-order valence-corrected chi connectivity index (χ1v) is 11.1. The fraction of sp³-hybridized carbons (Fsp3) is 0.400. The van der Waals surface area contributed by atoms with Crippen LogP contribution in [-0.4, -0.2) is 60.5 Å². The van der Waals surface area contributed by atoms with Crippen LogP contribution in [0.5, 0.6) is 11.5 Å². The number of piperidine rings is 1. The third kappa shape index (κ3) is 3.12. The zero-order chi connectivity index (χ0) is 23.3. The Hall–Kier alpha value is -3.39. The molecule has 172 valence electrons. The smallest absolute Gasteiger partial charge is 0.339 e. The van der Waals surface area contributed by atoms with E-state index >= 15 is 0 Å². The molecule has 0 N–H and O–H groups in total. The van der Waals surface area contributed by atoms with E-state index in [4.69, 9.17) is 9.47 Å². The number of anilines is 1. The number of carbonyl (C=O) groups is 3. The number of benzene rings is 2. The van der Waals surface area contributed by atoms with Crippen molar-refractivity contribution < 1.29 is 23.9 Å². The number of ether oxygens (including phenoxy) is 2. The molecule has 0 saturated carbocycles. The Morgan fingerprint density at radius 2 is 1.73 bits per heavy atom. The van der Waals surface area contributed by atoms with E-state index in [2.05, 4.69) is 4.90 Å². The van der Waals surface area contributed by atoms with Crippen molar-refractivity contribution in [2.24, 2.45) is 0 Å². The summed E-state index contributed by atoms with van der Waals surface area (Å²) in [7, 11) is 3.21. The number of hydrogen-bond acceptors (Lipinski definition) is 6. The van der Waals surface area contributed by atoms with Gasteiger partial charge in [0.1, 0.15) is 5.54 Å². The van der Waals surface area contributed by atoms with Crippen molar-refractivity contribution in [2.75, 3.05) is 32.2 Å². The molecular weight excluding hydrogens is 422 g/mol. The van der Waals surface area contributed by atoms with E-state index in [9.17, 15) is 14.4 Å². The highest BCUT2D eigenvalue weighted by atomic mass is 16.5. The summed E-state index contributed by atoms with van der Waals surface area (Å²) in [6.07, 6.45) is 1.63. The lowest BCUT2D eigenvalue weighted by Crippen LogP contribution is -2.59. The quantitative estimate of drug-likeness (QED) is 0.670. The number of carbonyl (C=O) groups excluding carboxylic acids is 3. The molecule has 2 aromatic carbocycles. The highest BCUT2D eigenvalue weighted by Gasteiger charge is 2.62. The number of hydrogen-bond donors (Lipinski definition) is 0. The molecule has 33 heavy (non-hydrogen) atoms. The molecule has 1 spiro atoms. The van der Waals surface area contributed by atoms with Gasteiger partial charge >= 0.3 is 6.03 Å². The van der Waals surface area contributed by atoms with Crippen LogP contribution in [-0.2, 0) is 16.0 Å². The second kappa shape index (κ2) is 7.88. The third-order valence-corrected chi connectivity index (χ3v) is 7.20. The Bertz CT molecular complexity index is 1130. The van der Waals surface area contributed by atoms with Crippen LogP contribution in [0, 0.1) is 0 Å². The van der Waals surface area contributed by atoms with Gasteiger partial charge in [0.05, 0.1) is 19.9 Å². The van der Waals surface area contributed by atoms with Crippen LogP contribution in [0.25, 0.3) is 0 Å². The lowest BCUT2D eigenvalue weighted by atomic mass is 9.76. The fourth-order valence-corrected chi connectivity index (χ4v) is 5.65. The summed E-state index contributed by atoms with van der Waals surface area (Å²) in [6.45, 7) is 2.81. The molecular formula is C25H27N3O5. The zero-order valence-electron chi connectivity index (χ0n) is 19.0. The molecule has 0 bridgehead atoms. The molecule has 2 aromatic rings. The standard InChI is InChI=1S/C25H27N3O5/c1-16(29)28-24(31)27(18-7-5-4-6-8-18)23(30)25(28)10-12-26-11-9-17-13-21(32-2)22(33-3)14-19(17)20(26)15-25/h4-8,13-14,20H,9-12,15H2,1-3H3/t20-,25+/m0/s1. The summed E-state index contributed by atoms with van der Waals surface area (Å²) < 4.78 is 11.0. The molecule has 3 aliphatic rings. The molecule has 3 aliphatic heterocycles. The van der Waals surface area contributed by atoms with Crippen LogP contribution in [0.3, 0.4) is 0 Å². The molecule has 2 fully saturated rings. The lowest BCUT2D eigenvalue weighted by Gasteiger charge is -2.48. The maximum Gasteiger partial charge on any atom is 0.339 e. The van der Waals surface area contributed by atoms with E-state index in [1.54, 1.807) is 38.5 Å². The van der Waals surface area contributed by atoms with E-state index in [0.717, 1.165) is 29.0 Å². The maximum atomic E-state index is 13.9. The molecule has 2 saturated heterocycles. The molecule has 2 atom stereocenters. The van der Waals surface area contributed by atoms with E-state index in [1.165, 1.54) is 11.8 Å². The van der Waals surface area contributed by atoms with Gasteiger partial charge < -0.3 is 9.47 Å². The Morgan fingerprint density at radius 1 is 1.03 bits per heavy atom. The van der Waals surface area contributed by atoms with Crippen LogP contribution in [0.15, 0.2) is 42.5 Å². The largest absolute Gasteiger partial charge is 0.493 e. The molecule has 4 amide bonds. The molecule has 0 unspecified atom stereocenters. The topological polar surface area (TPSA) is 79.4 Å². The summed E-state index contributed by atoms with van der Waals surface area (Å²) >= 11 is 0. The van der Waals surface area contributed by atoms with Crippen molar-refractivity contribution in [3.05, 3.63) is 53.6 Å². The van der Waals surface area contributed by atoms with E-state index in [-0.39, 0.29) is 11.9 Å². The van der Waals surface area contributed by atoms with Gasteiger partial charge in [-0.15, -0.1) is 0 Å². The van der Waals surface area contributed by atoms with Crippen molar-refractivity contribution in [2.45, 2.75) is 37.8 Å². The number of para-hydroxylation sites is 1. The van der Waals surface area contributed by atoms with Gasteiger partial charge in [0.2, 0.25) is 5.91 Å². The normalized spacial score (nSPS) is 24.6. The van der Waals surface area contributed by atoms with Gasteiger partial charge in [-0.1, -0.05) is 18.2 Å². The monoisotopic (exact) mass is 449 g/mol. The Balaban J connectivity index is 1.59. The SMILES string of the molecule is COc1cc2c(cc1OC)[C@@H]1C[C@]3(CCN1CC2)C(=O)N(c1ccccc1)C(=O)N3C(C)=O. The lowest BCUT2D eigenvalue weighted by molar-refractivity contribution is -0.140. The van der Waals surface area contributed by atoms with Crippen molar-refractivity contribution in [1.29, 1.82) is 0 Å². The summed E-state index contributed by atoms with van der Waals surface area (Å²) in [4.78, 5) is 44.7. The maximum absolute atomic E-state index is 13.9. The molecule has 5 rings (SSSR count). The molecule has 0 radical (unpaired) electrons. The van der Waals surface area contributed by atoms with Crippen LogP contribution in [0.2, 0.25) is 0 Å². The number of urea groups is 1. The van der Waals surface area contributed by atoms with Gasteiger partial charge in [0.25, 0.3) is 5.91 Å². The first kappa shape index (κ1) is 21.5. The summed E-state index contributed by atoms with van der Waals surface area (Å²) in [5.41, 5.74) is 1.47. The van der Waals surface area contributed by atoms with Crippen molar-refractivity contribution >= 4 is 23.5 Å². The minimum atomic E-state index is -1.21. The average molecular weight is 450 g/mol. The molecule has 0 aliphatic carbocycles. The first-order valence-electron chi connectivity index (χ1n) is 11.1. The van der Waals surface area contributed by atoms with Crippen LogP contribution < -0.4 is 14.4 Å². The van der Waals surface area contributed by atoms with Gasteiger partial charge in [-0.3, -0.25) is 14.5 Å². The number of methoxy groups -OCH3 is 2. The Kier molecular flexibility index (Phi) is 5.12. The first-order chi connectivity index (χ1) is 15.9. The predicted octanol–water partition coefficient (Wildman–Crippen LogP) is 3.15. The highest BCUT2D eigenvalue weighted by Crippen LogP contribution is 2.49. The minimum Gasteiger partial charge on any atom is -0.493 e. The Labute approximate surface area is 192 Å². The van der Waals surface area contributed by atoms with E-state index in [0.29, 0.717) is 36.6 Å². The average Bonchev–Trinajstić information content (AvgIpc) is 3.04. The van der Waals surface area contributed by atoms with Crippen molar-refractivity contribution in [3.63, 3.8) is 0 Å². The third-order valence-electron chi connectivity index (χ3n) is 7.20. The molecule has 0 aromatic heterocycles. The Morgan fingerprint density at radius 3 is 2.39 bits per heavy atom. The van der Waals surface area contributed by atoms with Crippen molar-refractivity contribution in [3.8, 4) is 11.5 Å². The number of imide groups is 2. The van der Waals surface area contributed by atoms with E-state index in [1.807, 2.05) is 18.2 Å². The van der Waals surface area contributed by atoms with Gasteiger partial charge in [-0.2, -0.15) is 0 Å². The number of amides is 4. The van der Waals surface area contributed by atoms with Crippen LogP contribution in [0.4, 0.5) is 10.5 Å². The van der Waals surface area contributed by atoms with Gasteiger partial charge in [-0.05, 0) is 48.2 Å². The number of fused-ring (bicyclic) bond motifs is 3. The molecule has 8 nitrogen and oxygen atoms in total. The van der Waals surface area contributed by atoms with Crippen molar-refractivity contribution in [1.82, 2.24) is 9.80 Å². The predicted molar refractivity (Wildman–Crippen MR) is 121 cm³/mol. The summed E-state index contributed by atoms with van der Waals surface area (Å²) in [5.74, 6) is 0.550. The fourth-order valence-electron chi connectivity index (χ4n) is 5.65. The second-order valence-corrected chi connectivity index (χ2v) is 8.81. The van der Waals surface area contributed by atoms with Gasteiger partial charge in [-0.25, -0.2) is 14.6 Å². The zero-order valence-corrected chi connectivity index (χ0v) is 19.0. The minimum absolute atomic E-state index is 0.114. The van der Waals surface area contributed by atoms with Crippen LogP contribution >= 0.6 is 0 Å². The van der Waals surface area contributed by atoms with E-state index < -0.39 is 17.5 Å². The summed E-state index contributed by atoms with van der Waals surface area (Å²) in [6, 6.07) is 12.1. The van der Waals surface area contributed by atoms with Gasteiger partial charge in [0.15, 0.2) is 11.5 Å². The van der Waals surface area contributed by atoms with Crippen LogP contribution in [0.1, 0.15) is 36.9 Å². The van der Waals surface area contributed by atoms with Gasteiger partial charge in [0, 0.05) is 32.5 Å².